The Kier molecular flexibility index (Phi) is 2.59. The molecule has 1 N–H and O–H groups in total. The van der Waals surface area contributed by atoms with Crippen LogP contribution in [0, 0.1) is 5.92 Å². The molecule has 1 aliphatic carbocycles. The second-order valence-electron chi connectivity index (χ2n) is 3.58. The zero-order valence-electron chi connectivity index (χ0n) is 8.03. The molecule has 1 aromatic heterocycles. The van der Waals surface area contributed by atoms with Crippen molar-refractivity contribution in [2.75, 3.05) is 6.54 Å². The lowest BCUT2D eigenvalue weighted by molar-refractivity contribution is 0.520. The third-order valence-electron chi connectivity index (χ3n) is 2.36. The molecule has 2 rings (SSSR count). The highest BCUT2D eigenvalue weighted by molar-refractivity contribution is 4.86. The van der Waals surface area contributed by atoms with E-state index in [1.807, 2.05) is 4.68 Å². The maximum absolute atomic E-state index is 4.22. The van der Waals surface area contributed by atoms with Gasteiger partial charge in [-0.15, -0.1) is 0 Å². The number of nitrogens with one attached hydrogen (secondary N) is 1. The summed E-state index contributed by atoms with van der Waals surface area (Å²) in [7, 11) is 0. The molecule has 4 nitrogen and oxygen atoms in total. The van der Waals surface area contributed by atoms with Crippen molar-refractivity contribution in [3.8, 4) is 0 Å². The van der Waals surface area contributed by atoms with Crippen molar-refractivity contribution in [1.29, 1.82) is 0 Å². The van der Waals surface area contributed by atoms with Crippen LogP contribution < -0.4 is 5.32 Å². The third-order valence-corrected chi connectivity index (χ3v) is 2.36. The number of aromatic nitrogens is 3. The van der Waals surface area contributed by atoms with E-state index in [1.165, 1.54) is 12.8 Å². The molecule has 13 heavy (non-hydrogen) atoms. The number of rotatable bonds is 5. The van der Waals surface area contributed by atoms with Crippen molar-refractivity contribution in [2.24, 2.45) is 5.92 Å². The normalized spacial score (nSPS) is 16.4. The second-order valence-corrected chi connectivity index (χ2v) is 3.58. The summed E-state index contributed by atoms with van der Waals surface area (Å²) in [5, 5.41) is 7.48. The maximum Gasteiger partial charge on any atom is 0.140 e. The molecule has 0 bridgehead atoms. The first-order valence-corrected chi connectivity index (χ1v) is 4.97. The number of hydrogen-bond donors (Lipinski definition) is 1. The van der Waals surface area contributed by atoms with Crippen LogP contribution in [0.2, 0.25) is 0 Å². The van der Waals surface area contributed by atoms with Crippen LogP contribution in [0.3, 0.4) is 0 Å². The highest BCUT2D eigenvalue weighted by Crippen LogP contribution is 2.30. The Morgan fingerprint density at radius 2 is 2.46 bits per heavy atom. The average Bonchev–Trinajstić information content (AvgIpc) is 2.82. The van der Waals surface area contributed by atoms with Gasteiger partial charge in [0.15, 0.2) is 0 Å². The van der Waals surface area contributed by atoms with E-state index < -0.39 is 0 Å². The van der Waals surface area contributed by atoms with Gasteiger partial charge in [-0.2, -0.15) is 5.10 Å². The lowest BCUT2D eigenvalue weighted by Crippen LogP contribution is -2.17. The molecular formula is C9H16N4. The van der Waals surface area contributed by atoms with Gasteiger partial charge in [0.2, 0.25) is 0 Å². The molecule has 1 saturated carbocycles. The summed E-state index contributed by atoms with van der Waals surface area (Å²) in [6.45, 7) is 4.97. The van der Waals surface area contributed by atoms with Gasteiger partial charge < -0.3 is 5.32 Å². The van der Waals surface area contributed by atoms with Crippen molar-refractivity contribution in [3.05, 3.63) is 12.2 Å². The topological polar surface area (TPSA) is 42.7 Å². The Hall–Kier alpha value is -0.900. The summed E-state index contributed by atoms with van der Waals surface area (Å²) in [5.74, 6) is 1.93. The van der Waals surface area contributed by atoms with E-state index in [4.69, 9.17) is 0 Å². The molecule has 0 amide bonds. The first-order chi connectivity index (χ1) is 6.40. The minimum atomic E-state index is 0.837. The molecule has 72 valence electrons. The van der Waals surface area contributed by atoms with Crippen LogP contribution in [0.15, 0.2) is 6.33 Å². The zero-order valence-corrected chi connectivity index (χ0v) is 8.03. The molecule has 4 heteroatoms. The molecular weight excluding hydrogens is 164 g/mol. The predicted octanol–water partition coefficient (Wildman–Crippen LogP) is 0.798. The van der Waals surface area contributed by atoms with Gasteiger partial charge in [0.25, 0.3) is 0 Å². The molecule has 0 radical (unpaired) electrons. The van der Waals surface area contributed by atoms with Gasteiger partial charge in [-0.25, -0.2) is 9.67 Å². The summed E-state index contributed by atoms with van der Waals surface area (Å²) in [6, 6.07) is 0. The smallest absolute Gasteiger partial charge is 0.140 e. The fraction of sp³-hybridized carbons (Fsp3) is 0.778. The van der Waals surface area contributed by atoms with Crippen molar-refractivity contribution >= 4 is 0 Å². The van der Waals surface area contributed by atoms with Gasteiger partial charge in [0.05, 0.1) is 6.54 Å². The van der Waals surface area contributed by atoms with Crippen molar-refractivity contribution in [2.45, 2.75) is 32.9 Å². The van der Waals surface area contributed by atoms with Crippen LogP contribution in [0.25, 0.3) is 0 Å². The monoisotopic (exact) mass is 180 g/mol. The molecule has 0 aromatic carbocycles. The third kappa shape index (κ3) is 2.28. The Bertz CT molecular complexity index is 264. The van der Waals surface area contributed by atoms with Gasteiger partial charge in [-0.1, -0.05) is 6.92 Å². The van der Waals surface area contributed by atoms with Crippen LogP contribution in [-0.2, 0) is 13.1 Å². The van der Waals surface area contributed by atoms with E-state index in [9.17, 15) is 0 Å². The minimum Gasteiger partial charge on any atom is -0.310 e. The van der Waals surface area contributed by atoms with Crippen LogP contribution in [-0.4, -0.2) is 21.3 Å². The average molecular weight is 180 g/mol. The highest BCUT2D eigenvalue weighted by Gasteiger charge is 2.22. The zero-order chi connectivity index (χ0) is 9.10. The van der Waals surface area contributed by atoms with E-state index in [0.29, 0.717) is 0 Å². The lowest BCUT2D eigenvalue weighted by Gasteiger charge is -2.04. The van der Waals surface area contributed by atoms with Crippen molar-refractivity contribution < 1.29 is 0 Å². The van der Waals surface area contributed by atoms with Crippen LogP contribution in [0.4, 0.5) is 0 Å². The number of hydrogen-bond acceptors (Lipinski definition) is 3. The SMILES string of the molecule is CCNCc1ncnn1CC1CC1. The van der Waals surface area contributed by atoms with Crippen molar-refractivity contribution in [1.82, 2.24) is 20.1 Å². The van der Waals surface area contributed by atoms with Gasteiger partial charge in [0, 0.05) is 6.54 Å². The highest BCUT2D eigenvalue weighted by atomic mass is 15.3. The fourth-order valence-corrected chi connectivity index (χ4v) is 1.36. The fourth-order valence-electron chi connectivity index (χ4n) is 1.36. The van der Waals surface area contributed by atoms with Gasteiger partial charge in [0.1, 0.15) is 12.2 Å². The van der Waals surface area contributed by atoms with E-state index in [1.54, 1.807) is 6.33 Å². The van der Waals surface area contributed by atoms with Crippen LogP contribution in [0.1, 0.15) is 25.6 Å². The van der Waals surface area contributed by atoms with Crippen molar-refractivity contribution in [3.63, 3.8) is 0 Å². The minimum absolute atomic E-state index is 0.837. The molecule has 1 aliphatic rings. The molecule has 1 aromatic rings. The quantitative estimate of drug-likeness (QED) is 0.728. The largest absolute Gasteiger partial charge is 0.310 e. The summed E-state index contributed by atoms with van der Waals surface area (Å²) >= 11 is 0. The predicted molar refractivity (Wildman–Crippen MR) is 50.1 cm³/mol. The van der Waals surface area contributed by atoms with Crippen LogP contribution in [0.5, 0.6) is 0 Å². The summed E-state index contributed by atoms with van der Waals surface area (Å²) in [4.78, 5) is 4.22. The second kappa shape index (κ2) is 3.87. The van der Waals surface area contributed by atoms with E-state index in [-0.39, 0.29) is 0 Å². The first kappa shape index (κ1) is 8.69. The summed E-state index contributed by atoms with van der Waals surface area (Å²) in [6.07, 6.45) is 4.37. The Morgan fingerprint density at radius 3 is 3.15 bits per heavy atom. The Labute approximate surface area is 78.4 Å². The summed E-state index contributed by atoms with van der Waals surface area (Å²) < 4.78 is 2.03. The summed E-state index contributed by atoms with van der Waals surface area (Å²) in [5.41, 5.74) is 0. The van der Waals surface area contributed by atoms with Gasteiger partial charge in [-0.3, -0.25) is 0 Å². The molecule has 1 heterocycles. The maximum atomic E-state index is 4.22. The molecule has 0 unspecified atom stereocenters. The van der Waals surface area contributed by atoms with E-state index in [0.717, 1.165) is 31.4 Å². The molecule has 1 fully saturated rings. The Morgan fingerprint density at radius 1 is 1.62 bits per heavy atom. The van der Waals surface area contributed by atoms with E-state index in [2.05, 4.69) is 22.3 Å². The molecule has 0 aliphatic heterocycles. The lowest BCUT2D eigenvalue weighted by atomic mass is 10.4. The van der Waals surface area contributed by atoms with Gasteiger partial charge in [-0.05, 0) is 25.3 Å². The Balaban J connectivity index is 1.93. The van der Waals surface area contributed by atoms with Gasteiger partial charge >= 0.3 is 0 Å². The first-order valence-electron chi connectivity index (χ1n) is 4.97. The number of nitrogens with zero attached hydrogens (tertiary/aromatic N) is 3. The molecule has 0 saturated heterocycles. The standard InChI is InChI=1S/C9H16N4/c1-2-10-5-9-11-7-12-13(9)6-8-3-4-8/h7-8,10H,2-6H2,1H3. The van der Waals surface area contributed by atoms with Crippen LogP contribution >= 0.6 is 0 Å². The van der Waals surface area contributed by atoms with E-state index >= 15 is 0 Å². The molecule has 0 atom stereocenters. The molecule has 0 spiro atoms.